The van der Waals surface area contributed by atoms with Crippen LogP contribution in [0.2, 0.25) is 0 Å². The minimum absolute atomic E-state index is 0.842. The zero-order valence-electron chi connectivity index (χ0n) is 8.55. The maximum absolute atomic E-state index is 2.35. The molecule has 0 aliphatic rings. The van der Waals surface area contributed by atoms with Crippen molar-refractivity contribution in [3.63, 3.8) is 0 Å². The molecule has 0 nitrogen and oxygen atoms in total. The van der Waals surface area contributed by atoms with Crippen molar-refractivity contribution in [3.05, 3.63) is 0 Å². The highest BCUT2D eigenvalue weighted by Gasteiger charge is 2.06. The van der Waals surface area contributed by atoms with Gasteiger partial charge in [0.25, 0.3) is 0 Å². The highest BCUT2D eigenvalue weighted by molar-refractivity contribution is 7.99. The molecule has 0 heterocycles. The maximum atomic E-state index is 2.35. The third-order valence-corrected chi connectivity index (χ3v) is 3.63. The van der Waals surface area contributed by atoms with E-state index >= 15 is 0 Å². The molecule has 1 unspecified atom stereocenters. The predicted octanol–water partition coefficient (Wildman–Crippen LogP) is 3.67. The van der Waals surface area contributed by atoms with Gasteiger partial charge in [0.15, 0.2) is 0 Å². The number of hydrogen-bond donors (Lipinski definition) is 0. The molecule has 1 heteroatoms. The second kappa shape index (κ2) is 5.93. The summed E-state index contributed by atoms with van der Waals surface area (Å²) in [6, 6.07) is 0. The number of thioether (sulfide) groups is 1. The Hall–Kier alpha value is 0.350. The lowest BCUT2D eigenvalue weighted by Crippen LogP contribution is -2.07. The van der Waals surface area contributed by atoms with Gasteiger partial charge in [-0.25, -0.2) is 0 Å². The van der Waals surface area contributed by atoms with Crippen molar-refractivity contribution in [2.75, 3.05) is 11.5 Å². The van der Waals surface area contributed by atoms with Crippen LogP contribution in [0.15, 0.2) is 0 Å². The van der Waals surface area contributed by atoms with E-state index in [2.05, 4.69) is 46.4 Å². The van der Waals surface area contributed by atoms with Crippen molar-refractivity contribution < 1.29 is 0 Å². The van der Waals surface area contributed by atoms with Crippen molar-refractivity contribution >= 4 is 11.8 Å². The molecule has 0 bridgehead atoms. The van der Waals surface area contributed by atoms with Crippen LogP contribution >= 0.6 is 11.8 Å². The first-order chi connectivity index (χ1) is 5.04. The van der Waals surface area contributed by atoms with Gasteiger partial charge < -0.3 is 0 Å². The van der Waals surface area contributed by atoms with Crippen molar-refractivity contribution in [3.8, 4) is 0 Å². The minimum Gasteiger partial charge on any atom is -0.161 e. The summed E-state index contributed by atoms with van der Waals surface area (Å²) in [5.74, 6) is 5.21. The lowest BCUT2D eigenvalue weighted by molar-refractivity contribution is 0.464. The van der Waals surface area contributed by atoms with Crippen LogP contribution in [0.4, 0.5) is 0 Å². The van der Waals surface area contributed by atoms with Crippen LogP contribution in [0.25, 0.3) is 0 Å². The molecule has 0 amide bonds. The third-order valence-electron chi connectivity index (χ3n) is 1.97. The van der Waals surface area contributed by atoms with Gasteiger partial charge in [-0.3, -0.25) is 0 Å². The summed E-state index contributed by atoms with van der Waals surface area (Å²) in [5, 5.41) is 0. The molecule has 0 aromatic heterocycles. The zero-order chi connectivity index (χ0) is 8.85. The van der Waals surface area contributed by atoms with E-state index in [0.717, 1.165) is 17.8 Å². The molecule has 0 spiro atoms. The summed E-state index contributed by atoms with van der Waals surface area (Å²) in [5.41, 5.74) is 0. The summed E-state index contributed by atoms with van der Waals surface area (Å²) < 4.78 is 0. The van der Waals surface area contributed by atoms with Crippen LogP contribution in [0.1, 0.15) is 34.6 Å². The summed E-state index contributed by atoms with van der Waals surface area (Å²) in [6.45, 7) is 11.5. The average molecular weight is 174 g/mol. The first-order valence-electron chi connectivity index (χ1n) is 4.61. The second-order valence-corrected chi connectivity index (χ2v) is 5.23. The Morgan fingerprint density at radius 3 is 1.82 bits per heavy atom. The molecule has 0 rings (SSSR count). The third kappa shape index (κ3) is 6.74. The van der Waals surface area contributed by atoms with E-state index in [1.807, 2.05) is 0 Å². The van der Waals surface area contributed by atoms with Gasteiger partial charge in [0.2, 0.25) is 0 Å². The Bertz CT molecular complexity index is 86.9. The van der Waals surface area contributed by atoms with Gasteiger partial charge in [-0.1, -0.05) is 34.6 Å². The summed E-state index contributed by atoms with van der Waals surface area (Å²) in [6.07, 6.45) is 0. The fourth-order valence-electron chi connectivity index (χ4n) is 0.682. The molecule has 0 radical (unpaired) electrons. The summed E-state index contributed by atoms with van der Waals surface area (Å²) in [7, 11) is 0. The molecule has 0 fully saturated rings. The largest absolute Gasteiger partial charge is 0.161 e. The Balaban J connectivity index is 3.24. The van der Waals surface area contributed by atoms with Crippen LogP contribution < -0.4 is 0 Å². The van der Waals surface area contributed by atoms with Gasteiger partial charge in [0, 0.05) is 0 Å². The molecule has 0 saturated carbocycles. The van der Waals surface area contributed by atoms with Crippen LogP contribution in [-0.4, -0.2) is 11.5 Å². The molecule has 0 aromatic carbocycles. The van der Waals surface area contributed by atoms with E-state index in [4.69, 9.17) is 0 Å². The smallest absolute Gasteiger partial charge is 0.00392 e. The average Bonchev–Trinajstić information content (AvgIpc) is 1.86. The van der Waals surface area contributed by atoms with Gasteiger partial charge in [-0.15, -0.1) is 0 Å². The molecule has 68 valence electrons. The van der Waals surface area contributed by atoms with Gasteiger partial charge >= 0.3 is 0 Å². The number of rotatable bonds is 5. The van der Waals surface area contributed by atoms with Crippen LogP contribution in [0.5, 0.6) is 0 Å². The summed E-state index contributed by atoms with van der Waals surface area (Å²) >= 11 is 2.10. The fourth-order valence-corrected chi connectivity index (χ4v) is 2.05. The van der Waals surface area contributed by atoms with Crippen LogP contribution in [0, 0.1) is 17.8 Å². The Labute approximate surface area is 76.1 Å². The Morgan fingerprint density at radius 1 is 0.909 bits per heavy atom. The first kappa shape index (κ1) is 11.4. The van der Waals surface area contributed by atoms with Crippen LogP contribution in [-0.2, 0) is 0 Å². The second-order valence-electron chi connectivity index (χ2n) is 4.15. The molecular weight excluding hydrogens is 152 g/mol. The van der Waals surface area contributed by atoms with E-state index in [0.29, 0.717) is 0 Å². The molecule has 0 aliphatic carbocycles. The monoisotopic (exact) mass is 174 g/mol. The van der Waals surface area contributed by atoms with Crippen molar-refractivity contribution in [1.29, 1.82) is 0 Å². The normalized spacial score (nSPS) is 14.5. The van der Waals surface area contributed by atoms with E-state index in [9.17, 15) is 0 Å². The molecule has 11 heavy (non-hydrogen) atoms. The van der Waals surface area contributed by atoms with Gasteiger partial charge in [0.1, 0.15) is 0 Å². The minimum atomic E-state index is 0.842. The van der Waals surface area contributed by atoms with Crippen LogP contribution in [0.3, 0.4) is 0 Å². The van der Waals surface area contributed by atoms with E-state index in [-0.39, 0.29) is 0 Å². The van der Waals surface area contributed by atoms with Crippen molar-refractivity contribution in [2.24, 2.45) is 17.8 Å². The summed E-state index contributed by atoms with van der Waals surface area (Å²) in [4.78, 5) is 0. The van der Waals surface area contributed by atoms with E-state index in [1.54, 1.807) is 0 Å². The van der Waals surface area contributed by atoms with Gasteiger partial charge in [0.05, 0.1) is 0 Å². The Morgan fingerprint density at radius 2 is 1.45 bits per heavy atom. The van der Waals surface area contributed by atoms with Crippen molar-refractivity contribution in [1.82, 2.24) is 0 Å². The topological polar surface area (TPSA) is 0 Å². The van der Waals surface area contributed by atoms with Gasteiger partial charge in [-0.05, 0) is 29.3 Å². The lowest BCUT2D eigenvalue weighted by Gasteiger charge is -2.15. The fraction of sp³-hybridized carbons (Fsp3) is 1.00. The van der Waals surface area contributed by atoms with E-state index < -0.39 is 0 Å². The lowest BCUT2D eigenvalue weighted by atomic mass is 10.0. The number of hydrogen-bond acceptors (Lipinski definition) is 1. The SMILES string of the molecule is CC(C)CSCC(C)C(C)C. The van der Waals surface area contributed by atoms with E-state index in [1.165, 1.54) is 11.5 Å². The maximum Gasteiger partial charge on any atom is -0.00392 e. The zero-order valence-corrected chi connectivity index (χ0v) is 9.37. The molecular formula is C10H22S. The molecule has 1 atom stereocenters. The van der Waals surface area contributed by atoms with Crippen molar-refractivity contribution in [2.45, 2.75) is 34.6 Å². The van der Waals surface area contributed by atoms with Gasteiger partial charge in [-0.2, -0.15) is 11.8 Å². The molecule has 0 aromatic rings. The predicted molar refractivity (Wildman–Crippen MR) is 56.2 cm³/mol. The standard InChI is InChI=1S/C10H22S/c1-8(2)6-11-7-10(5)9(3)4/h8-10H,6-7H2,1-5H3. The Kier molecular flexibility index (Phi) is 6.12. The highest BCUT2D eigenvalue weighted by Crippen LogP contribution is 2.17. The molecule has 0 saturated heterocycles. The molecule has 0 aliphatic heterocycles. The molecule has 0 N–H and O–H groups in total. The first-order valence-corrected chi connectivity index (χ1v) is 5.77. The highest BCUT2D eigenvalue weighted by atomic mass is 32.2. The quantitative estimate of drug-likeness (QED) is 0.613.